The smallest absolute Gasteiger partial charge is 0.219 e. The van der Waals surface area contributed by atoms with Gasteiger partial charge in [-0.05, 0) is 13.1 Å². The number of piperidine rings is 1. The number of carbonyl (C=O) groups is 1. The number of nitrogens with one attached hydrogen (secondary N) is 2. The molecule has 0 saturated carbocycles. The summed E-state index contributed by atoms with van der Waals surface area (Å²) in [4.78, 5) is 13.3. The van der Waals surface area contributed by atoms with Gasteiger partial charge in [-0.2, -0.15) is 0 Å². The summed E-state index contributed by atoms with van der Waals surface area (Å²) in [5.74, 6) is 0.0473. The van der Waals surface area contributed by atoms with Crippen LogP contribution < -0.4 is 5.32 Å². The third-order valence-corrected chi connectivity index (χ3v) is 3.77. The molecule has 8 heteroatoms. The number of ether oxygens (including phenoxy) is 3. The van der Waals surface area contributed by atoms with Gasteiger partial charge < -0.3 is 30.2 Å². The van der Waals surface area contributed by atoms with Gasteiger partial charge in [-0.1, -0.05) is 33.6 Å². The fourth-order valence-corrected chi connectivity index (χ4v) is 2.28. The zero-order valence-corrected chi connectivity index (χ0v) is 19.7. The van der Waals surface area contributed by atoms with Gasteiger partial charge in [0.2, 0.25) is 5.91 Å². The molecule has 7 nitrogen and oxygen atoms in total. The van der Waals surface area contributed by atoms with Gasteiger partial charge in [0.1, 0.15) is 0 Å². The molecule has 0 aliphatic carbocycles. The summed E-state index contributed by atoms with van der Waals surface area (Å²) in [6.07, 6.45) is 2.46. The first-order valence-electron chi connectivity index (χ1n) is 9.65. The predicted molar refractivity (Wildman–Crippen MR) is 101 cm³/mol. The molecule has 0 spiro atoms. The normalized spacial score (nSPS) is 14.9. The van der Waals surface area contributed by atoms with E-state index in [9.17, 15) is 4.79 Å². The van der Waals surface area contributed by atoms with E-state index in [0.29, 0.717) is 46.0 Å². The first kappa shape index (κ1) is 28.2. The molecular formula is C18H38N3O4W-. The minimum absolute atomic E-state index is 0. The maximum Gasteiger partial charge on any atom is 0.219 e. The van der Waals surface area contributed by atoms with E-state index in [2.05, 4.69) is 10.2 Å². The van der Waals surface area contributed by atoms with Crippen molar-refractivity contribution in [3.8, 4) is 0 Å². The van der Waals surface area contributed by atoms with Crippen LogP contribution in [0.15, 0.2) is 0 Å². The van der Waals surface area contributed by atoms with Crippen LogP contribution in [-0.4, -0.2) is 82.7 Å². The minimum atomic E-state index is 0. The van der Waals surface area contributed by atoms with E-state index in [4.69, 9.17) is 19.9 Å². The van der Waals surface area contributed by atoms with Gasteiger partial charge in [0, 0.05) is 40.6 Å². The fraction of sp³-hybridized carbons (Fsp3) is 0.944. The maximum atomic E-state index is 11.0. The molecule has 0 aromatic heterocycles. The van der Waals surface area contributed by atoms with Crippen LogP contribution >= 0.6 is 0 Å². The van der Waals surface area contributed by atoms with Gasteiger partial charge in [-0.3, -0.25) is 4.79 Å². The Bertz CT molecular complexity index is 304. The van der Waals surface area contributed by atoms with Crippen molar-refractivity contribution in [3.05, 3.63) is 5.73 Å². The first-order valence-corrected chi connectivity index (χ1v) is 9.65. The molecule has 0 unspecified atom stereocenters. The molecule has 0 atom stereocenters. The van der Waals surface area contributed by atoms with Crippen LogP contribution in [0.4, 0.5) is 0 Å². The predicted octanol–water partition coefficient (Wildman–Crippen LogP) is 2.10. The number of amides is 1. The average molecular weight is 544 g/mol. The second-order valence-electron chi connectivity index (χ2n) is 5.66. The Morgan fingerprint density at radius 3 is 2.04 bits per heavy atom. The summed E-state index contributed by atoms with van der Waals surface area (Å²) in [7, 11) is 0. The van der Waals surface area contributed by atoms with Crippen molar-refractivity contribution < 1.29 is 40.1 Å². The summed E-state index contributed by atoms with van der Waals surface area (Å²) < 4.78 is 16.3. The molecule has 0 aromatic rings. The van der Waals surface area contributed by atoms with Crippen LogP contribution in [0.1, 0.15) is 40.0 Å². The summed E-state index contributed by atoms with van der Waals surface area (Å²) in [6, 6.07) is 0.130. The summed E-state index contributed by atoms with van der Waals surface area (Å²) in [6.45, 7) is 12.8. The molecule has 0 radical (unpaired) electrons. The second-order valence-corrected chi connectivity index (χ2v) is 5.66. The third-order valence-electron chi connectivity index (χ3n) is 3.77. The molecule has 1 heterocycles. The summed E-state index contributed by atoms with van der Waals surface area (Å²) in [5.41, 5.74) is 7.65. The quantitative estimate of drug-likeness (QED) is 0.360. The van der Waals surface area contributed by atoms with E-state index in [1.54, 1.807) is 0 Å². The number of hydrogen-bond acceptors (Lipinski definition) is 5. The number of rotatable bonds is 13. The van der Waals surface area contributed by atoms with Crippen LogP contribution in [0.5, 0.6) is 0 Å². The molecule has 26 heavy (non-hydrogen) atoms. The van der Waals surface area contributed by atoms with Crippen molar-refractivity contribution in [2.75, 3.05) is 65.8 Å². The van der Waals surface area contributed by atoms with Crippen molar-refractivity contribution in [1.82, 2.24) is 10.2 Å². The largest absolute Gasteiger partial charge is 0.675 e. The van der Waals surface area contributed by atoms with Crippen LogP contribution in [0, 0.1) is 0 Å². The SMILES string of the molecule is CC.CCC(=O)NCCOCCOCCOCCN1CCC([NH-])CC1.[W]. The van der Waals surface area contributed by atoms with Crippen molar-refractivity contribution >= 4 is 5.91 Å². The Morgan fingerprint density at radius 1 is 1.00 bits per heavy atom. The Hall–Kier alpha value is -0.0417. The molecule has 2 N–H and O–H groups in total. The van der Waals surface area contributed by atoms with Crippen molar-refractivity contribution in [2.24, 2.45) is 0 Å². The topological polar surface area (TPSA) is 83.8 Å². The Morgan fingerprint density at radius 2 is 1.50 bits per heavy atom. The van der Waals surface area contributed by atoms with Crippen LogP contribution in [0.3, 0.4) is 0 Å². The molecule has 1 fully saturated rings. The zero-order valence-electron chi connectivity index (χ0n) is 16.8. The van der Waals surface area contributed by atoms with E-state index >= 15 is 0 Å². The van der Waals surface area contributed by atoms with Gasteiger partial charge in [-0.15, -0.1) is 6.04 Å². The van der Waals surface area contributed by atoms with Crippen LogP contribution in [0.2, 0.25) is 0 Å². The van der Waals surface area contributed by atoms with E-state index in [1.165, 1.54) is 0 Å². The Kier molecular flexibility index (Phi) is 23.0. The average Bonchev–Trinajstić information content (AvgIpc) is 2.65. The van der Waals surface area contributed by atoms with E-state index in [0.717, 1.165) is 39.1 Å². The minimum Gasteiger partial charge on any atom is -0.675 e. The fourth-order valence-electron chi connectivity index (χ4n) is 2.28. The summed E-state index contributed by atoms with van der Waals surface area (Å²) >= 11 is 0. The number of carbonyl (C=O) groups excluding carboxylic acids is 1. The molecular weight excluding hydrogens is 506 g/mol. The van der Waals surface area contributed by atoms with Crippen LogP contribution in [0.25, 0.3) is 5.73 Å². The van der Waals surface area contributed by atoms with E-state index < -0.39 is 0 Å². The molecule has 156 valence electrons. The van der Waals surface area contributed by atoms with Gasteiger partial charge in [0.15, 0.2) is 0 Å². The molecule has 1 aliphatic rings. The van der Waals surface area contributed by atoms with Gasteiger partial charge in [0.25, 0.3) is 0 Å². The van der Waals surface area contributed by atoms with E-state index in [1.807, 2.05) is 20.8 Å². The molecule has 1 rings (SSSR count). The maximum absolute atomic E-state index is 11.0. The molecule has 0 aromatic carbocycles. The monoisotopic (exact) mass is 544 g/mol. The molecule has 1 aliphatic heterocycles. The van der Waals surface area contributed by atoms with Crippen LogP contribution in [-0.2, 0) is 40.1 Å². The van der Waals surface area contributed by atoms with Gasteiger partial charge >= 0.3 is 0 Å². The zero-order chi connectivity index (χ0) is 18.8. The molecule has 0 bridgehead atoms. The number of hydrogen-bond donors (Lipinski definition) is 1. The first-order chi connectivity index (χ1) is 12.2. The Balaban J connectivity index is 0. The Labute approximate surface area is 173 Å². The van der Waals surface area contributed by atoms with Gasteiger partial charge in [-0.25, -0.2) is 0 Å². The van der Waals surface area contributed by atoms with Gasteiger partial charge in [0.05, 0.1) is 39.6 Å². The molecule has 1 amide bonds. The third kappa shape index (κ3) is 17.4. The summed E-state index contributed by atoms with van der Waals surface area (Å²) in [5, 5.41) is 2.75. The number of nitrogens with zero attached hydrogens (tertiary/aromatic N) is 1. The standard InChI is InChI=1S/C16H32N3O4.C2H6.W/c1-2-16(20)18-5-9-21-11-13-23-14-12-22-10-8-19-6-3-15(17)4-7-19;1-2;/h15,17H,2-14H2,1H3,(H,18,20);1-2H3;/q-1;;. The van der Waals surface area contributed by atoms with Crippen molar-refractivity contribution in [3.63, 3.8) is 0 Å². The van der Waals surface area contributed by atoms with Crippen molar-refractivity contribution in [2.45, 2.75) is 46.1 Å². The number of likely N-dealkylation sites (tertiary alicyclic amines) is 1. The molecule has 1 saturated heterocycles. The van der Waals surface area contributed by atoms with E-state index in [-0.39, 0.29) is 33.0 Å². The second kappa shape index (κ2) is 21.3. The van der Waals surface area contributed by atoms with Crippen molar-refractivity contribution in [1.29, 1.82) is 0 Å².